The molecule has 0 radical (unpaired) electrons. The van der Waals surface area contributed by atoms with Gasteiger partial charge in [0, 0.05) is 27.0 Å². The SMILES string of the molecule is CC1(C)C2=CC(c3ccc(Br)c4ncccc34)=CC(=O)C2=Cc2ccccc21. The highest BCUT2D eigenvalue weighted by Gasteiger charge is 2.37. The zero-order valence-electron chi connectivity index (χ0n) is 15.7. The van der Waals surface area contributed by atoms with Gasteiger partial charge in [-0.05, 0) is 74.1 Å². The van der Waals surface area contributed by atoms with E-state index in [9.17, 15) is 4.79 Å². The predicted octanol–water partition coefficient (Wildman–Crippen LogP) is 6.26. The summed E-state index contributed by atoms with van der Waals surface area (Å²) in [4.78, 5) is 17.6. The average Bonchev–Trinajstić information content (AvgIpc) is 2.69. The minimum Gasteiger partial charge on any atom is -0.289 e. The second kappa shape index (κ2) is 6.11. The number of ketones is 1. The molecule has 0 spiro atoms. The fourth-order valence-electron chi connectivity index (χ4n) is 4.33. The van der Waals surface area contributed by atoms with E-state index in [2.05, 4.69) is 71.2 Å². The number of benzene rings is 2. The van der Waals surface area contributed by atoms with Gasteiger partial charge in [-0.15, -0.1) is 0 Å². The lowest BCUT2D eigenvalue weighted by Gasteiger charge is -2.36. The summed E-state index contributed by atoms with van der Waals surface area (Å²) in [5.41, 5.74) is 6.89. The first-order chi connectivity index (χ1) is 13.5. The normalized spacial score (nSPS) is 17.4. The molecule has 2 aromatic carbocycles. The van der Waals surface area contributed by atoms with Crippen molar-refractivity contribution in [3.8, 4) is 0 Å². The van der Waals surface area contributed by atoms with Crippen LogP contribution in [-0.2, 0) is 10.2 Å². The van der Waals surface area contributed by atoms with Crippen LogP contribution in [0.1, 0.15) is 30.5 Å². The van der Waals surface area contributed by atoms with Crippen molar-refractivity contribution >= 4 is 44.3 Å². The highest BCUT2D eigenvalue weighted by Crippen LogP contribution is 2.46. The molecule has 136 valence electrons. The van der Waals surface area contributed by atoms with Crippen LogP contribution in [0.2, 0.25) is 0 Å². The molecule has 5 rings (SSSR count). The van der Waals surface area contributed by atoms with Crippen molar-refractivity contribution in [1.29, 1.82) is 0 Å². The number of pyridine rings is 1. The van der Waals surface area contributed by atoms with Crippen molar-refractivity contribution in [1.82, 2.24) is 4.98 Å². The topological polar surface area (TPSA) is 30.0 Å². The summed E-state index contributed by atoms with van der Waals surface area (Å²) in [6.07, 6.45) is 7.76. The first-order valence-corrected chi connectivity index (χ1v) is 10.1. The number of fused-ring (bicyclic) bond motifs is 3. The van der Waals surface area contributed by atoms with Crippen molar-refractivity contribution in [2.24, 2.45) is 0 Å². The summed E-state index contributed by atoms with van der Waals surface area (Å²) < 4.78 is 0.953. The van der Waals surface area contributed by atoms with Gasteiger partial charge in [-0.25, -0.2) is 0 Å². The predicted molar refractivity (Wildman–Crippen MR) is 118 cm³/mol. The van der Waals surface area contributed by atoms with Crippen LogP contribution in [0.25, 0.3) is 22.6 Å². The molecular weight excluding hydrogens is 410 g/mol. The first-order valence-electron chi connectivity index (χ1n) is 9.30. The van der Waals surface area contributed by atoms with Crippen LogP contribution in [-0.4, -0.2) is 10.8 Å². The minimum atomic E-state index is -0.237. The summed E-state index contributed by atoms with van der Waals surface area (Å²) in [6.45, 7) is 4.39. The lowest BCUT2D eigenvalue weighted by Crippen LogP contribution is -2.29. The summed E-state index contributed by atoms with van der Waals surface area (Å²) in [7, 11) is 0. The van der Waals surface area contributed by atoms with Crippen LogP contribution in [0, 0.1) is 0 Å². The Morgan fingerprint density at radius 2 is 1.75 bits per heavy atom. The summed E-state index contributed by atoms with van der Waals surface area (Å²) in [5, 5.41) is 1.04. The maximum Gasteiger partial charge on any atom is 0.186 e. The van der Waals surface area contributed by atoms with Crippen LogP contribution in [0.15, 0.2) is 82.5 Å². The summed E-state index contributed by atoms with van der Waals surface area (Å²) in [6, 6.07) is 16.4. The van der Waals surface area contributed by atoms with Crippen LogP contribution in [0.3, 0.4) is 0 Å². The van der Waals surface area contributed by atoms with Crippen LogP contribution in [0.5, 0.6) is 0 Å². The van der Waals surface area contributed by atoms with E-state index in [1.54, 1.807) is 12.3 Å². The van der Waals surface area contributed by atoms with E-state index in [0.717, 1.165) is 43.2 Å². The fourth-order valence-corrected chi connectivity index (χ4v) is 4.78. The molecule has 2 nitrogen and oxygen atoms in total. The fraction of sp³-hybridized carbons (Fsp3) is 0.120. The molecule has 0 saturated carbocycles. The molecule has 3 aromatic rings. The van der Waals surface area contributed by atoms with E-state index in [4.69, 9.17) is 0 Å². The molecule has 0 amide bonds. The van der Waals surface area contributed by atoms with Crippen molar-refractivity contribution in [3.05, 3.63) is 99.2 Å². The third kappa shape index (κ3) is 2.46. The number of carbonyl (C=O) groups excluding carboxylic acids is 1. The van der Waals surface area contributed by atoms with Gasteiger partial charge in [-0.3, -0.25) is 9.78 Å². The third-order valence-electron chi connectivity index (χ3n) is 5.78. The number of hydrogen-bond acceptors (Lipinski definition) is 2. The molecule has 2 aliphatic rings. The number of rotatable bonds is 1. The Kier molecular flexibility index (Phi) is 3.78. The molecule has 28 heavy (non-hydrogen) atoms. The Morgan fingerprint density at radius 3 is 2.61 bits per heavy atom. The molecule has 0 atom stereocenters. The molecule has 0 fully saturated rings. The molecular formula is C25H18BrNO. The number of allylic oxidation sites excluding steroid dienone is 5. The Hall–Kier alpha value is -2.78. The van der Waals surface area contributed by atoms with Crippen molar-refractivity contribution in [3.63, 3.8) is 0 Å². The molecule has 0 aliphatic heterocycles. The van der Waals surface area contributed by atoms with Crippen molar-refractivity contribution in [2.45, 2.75) is 19.3 Å². The van der Waals surface area contributed by atoms with Gasteiger partial charge < -0.3 is 0 Å². The molecule has 0 saturated heterocycles. The largest absolute Gasteiger partial charge is 0.289 e. The number of nitrogens with zero attached hydrogens (tertiary/aromatic N) is 1. The number of carbonyl (C=O) groups is 1. The Bertz CT molecular complexity index is 1260. The molecule has 2 aliphatic carbocycles. The van der Waals surface area contributed by atoms with E-state index in [1.165, 1.54) is 5.56 Å². The standard InChI is InChI=1S/C25H18BrNO/c1-25(2)20-8-4-3-6-15(20)12-19-21(25)13-16(14-23(19)28)17-9-10-22(26)24-18(17)7-5-11-27-24/h3-14H,1-2H3. The minimum absolute atomic E-state index is 0.0648. The Morgan fingerprint density at radius 1 is 0.929 bits per heavy atom. The Balaban J connectivity index is 1.74. The quantitative estimate of drug-likeness (QED) is 0.458. The lowest BCUT2D eigenvalue weighted by atomic mass is 9.66. The third-order valence-corrected chi connectivity index (χ3v) is 6.42. The summed E-state index contributed by atoms with van der Waals surface area (Å²) >= 11 is 3.58. The van der Waals surface area contributed by atoms with E-state index >= 15 is 0 Å². The van der Waals surface area contributed by atoms with E-state index in [0.29, 0.717) is 0 Å². The lowest BCUT2D eigenvalue weighted by molar-refractivity contribution is -0.111. The van der Waals surface area contributed by atoms with Crippen LogP contribution in [0.4, 0.5) is 0 Å². The highest BCUT2D eigenvalue weighted by atomic mass is 79.9. The van der Waals surface area contributed by atoms with Gasteiger partial charge in [-0.1, -0.05) is 50.2 Å². The van der Waals surface area contributed by atoms with E-state index in [1.807, 2.05) is 24.3 Å². The van der Waals surface area contributed by atoms with Gasteiger partial charge in [0.05, 0.1) is 5.52 Å². The van der Waals surface area contributed by atoms with Gasteiger partial charge in [0.15, 0.2) is 5.78 Å². The van der Waals surface area contributed by atoms with Crippen molar-refractivity contribution < 1.29 is 4.79 Å². The van der Waals surface area contributed by atoms with Crippen molar-refractivity contribution in [2.75, 3.05) is 0 Å². The average molecular weight is 428 g/mol. The van der Waals surface area contributed by atoms with E-state index < -0.39 is 0 Å². The first kappa shape index (κ1) is 17.3. The molecule has 1 aromatic heterocycles. The maximum atomic E-state index is 13.1. The van der Waals surface area contributed by atoms with Gasteiger partial charge in [0.25, 0.3) is 0 Å². The van der Waals surface area contributed by atoms with Crippen LogP contribution >= 0.6 is 15.9 Å². The molecule has 1 heterocycles. The number of aromatic nitrogens is 1. The number of hydrogen-bond donors (Lipinski definition) is 0. The van der Waals surface area contributed by atoms with Gasteiger partial charge in [-0.2, -0.15) is 0 Å². The Labute approximate surface area is 172 Å². The molecule has 0 unspecified atom stereocenters. The molecule has 0 N–H and O–H groups in total. The van der Waals surface area contributed by atoms with Crippen LogP contribution < -0.4 is 0 Å². The smallest absolute Gasteiger partial charge is 0.186 e. The second-order valence-electron chi connectivity index (χ2n) is 7.79. The summed E-state index contributed by atoms with van der Waals surface area (Å²) in [5.74, 6) is 0.0648. The highest BCUT2D eigenvalue weighted by molar-refractivity contribution is 9.10. The molecule has 0 bridgehead atoms. The maximum absolute atomic E-state index is 13.1. The van der Waals surface area contributed by atoms with Gasteiger partial charge in [0.2, 0.25) is 0 Å². The van der Waals surface area contributed by atoms with Gasteiger partial charge >= 0.3 is 0 Å². The second-order valence-corrected chi connectivity index (χ2v) is 8.64. The molecule has 3 heteroatoms. The number of halogens is 1. The van der Waals surface area contributed by atoms with E-state index in [-0.39, 0.29) is 11.2 Å². The zero-order valence-corrected chi connectivity index (χ0v) is 17.2. The monoisotopic (exact) mass is 427 g/mol. The zero-order chi connectivity index (χ0) is 19.5. The van der Waals surface area contributed by atoms with Gasteiger partial charge in [0.1, 0.15) is 0 Å².